The molecule has 5 heteroatoms. The number of morpholine rings is 1. The molecule has 2 rings (SSSR count). The summed E-state index contributed by atoms with van der Waals surface area (Å²) in [7, 11) is 0. The summed E-state index contributed by atoms with van der Waals surface area (Å²) in [6, 6.07) is 0. The maximum atomic E-state index is 11.5. The van der Waals surface area contributed by atoms with Gasteiger partial charge >= 0.3 is 0 Å². The lowest BCUT2D eigenvalue weighted by molar-refractivity contribution is -0.128. The number of hydrogen-bond donors (Lipinski definition) is 1. The molecule has 2 fully saturated rings. The van der Waals surface area contributed by atoms with Crippen LogP contribution in [0.2, 0.25) is 0 Å². The Kier molecular flexibility index (Phi) is 3.56. The van der Waals surface area contributed by atoms with Crippen molar-refractivity contribution in [1.29, 1.82) is 0 Å². The second-order valence-electron chi connectivity index (χ2n) is 4.10. The molecule has 2 aliphatic rings. The number of rotatable bonds is 3. The molecular formula is C10H19N3O2. The first-order valence-corrected chi connectivity index (χ1v) is 5.60. The molecule has 2 aliphatic heterocycles. The Hall–Kier alpha value is -0.650. The molecule has 0 bridgehead atoms. The Morgan fingerprint density at radius 1 is 1.40 bits per heavy atom. The standard InChI is InChI=1S/C10H19N3O2/c1-9-11-8-10(14)13(9)3-2-12-4-6-15-7-5-12/h9,11H,2-8H2,1H3. The molecular weight excluding hydrogens is 194 g/mol. The molecule has 2 saturated heterocycles. The molecule has 1 unspecified atom stereocenters. The van der Waals surface area contributed by atoms with Gasteiger partial charge in [0.05, 0.1) is 25.9 Å². The van der Waals surface area contributed by atoms with E-state index in [9.17, 15) is 4.79 Å². The first-order valence-electron chi connectivity index (χ1n) is 5.60. The van der Waals surface area contributed by atoms with Crippen LogP contribution in [0.15, 0.2) is 0 Å². The molecule has 0 radical (unpaired) electrons. The third-order valence-corrected chi connectivity index (χ3v) is 3.10. The Balaban J connectivity index is 1.74. The molecule has 0 spiro atoms. The van der Waals surface area contributed by atoms with E-state index in [1.165, 1.54) is 0 Å². The van der Waals surface area contributed by atoms with Gasteiger partial charge in [-0.15, -0.1) is 0 Å². The van der Waals surface area contributed by atoms with Crippen LogP contribution in [0.25, 0.3) is 0 Å². The van der Waals surface area contributed by atoms with Gasteiger partial charge in [-0.1, -0.05) is 0 Å². The first-order chi connectivity index (χ1) is 7.27. The van der Waals surface area contributed by atoms with Crippen molar-refractivity contribution in [1.82, 2.24) is 15.1 Å². The third-order valence-electron chi connectivity index (χ3n) is 3.10. The van der Waals surface area contributed by atoms with Crippen molar-refractivity contribution in [2.75, 3.05) is 45.9 Å². The summed E-state index contributed by atoms with van der Waals surface area (Å²) in [6.07, 6.45) is 0.193. The topological polar surface area (TPSA) is 44.8 Å². The number of nitrogens with zero attached hydrogens (tertiary/aromatic N) is 2. The number of nitrogens with one attached hydrogen (secondary N) is 1. The fraction of sp³-hybridized carbons (Fsp3) is 0.900. The quantitative estimate of drug-likeness (QED) is 0.659. The van der Waals surface area contributed by atoms with Gasteiger partial charge in [0, 0.05) is 26.2 Å². The Morgan fingerprint density at radius 2 is 2.13 bits per heavy atom. The van der Waals surface area contributed by atoms with Crippen molar-refractivity contribution >= 4 is 5.91 Å². The minimum absolute atomic E-state index is 0.193. The molecule has 1 N–H and O–H groups in total. The van der Waals surface area contributed by atoms with Crippen molar-refractivity contribution in [3.63, 3.8) is 0 Å². The highest BCUT2D eigenvalue weighted by molar-refractivity contribution is 5.80. The summed E-state index contributed by atoms with van der Waals surface area (Å²) < 4.78 is 5.28. The number of carbonyl (C=O) groups is 1. The first kappa shape index (κ1) is 10.9. The van der Waals surface area contributed by atoms with Crippen LogP contribution in [0.4, 0.5) is 0 Å². The van der Waals surface area contributed by atoms with Gasteiger partial charge in [0.25, 0.3) is 0 Å². The van der Waals surface area contributed by atoms with Gasteiger partial charge in [-0.3, -0.25) is 15.0 Å². The highest BCUT2D eigenvalue weighted by Crippen LogP contribution is 2.05. The monoisotopic (exact) mass is 213 g/mol. The predicted octanol–water partition coefficient (Wildman–Crippen LogP) is -0.904. The fourth-order valence-electron chi connectivity index (χ4n) is 2.06. The van der Waals surface area contributed by atoms with Crippen molar-refractivity contribution in [3.8, 4) is 0 Å². The number of ether oxygens (including phenoxy) is 1. The number of carbonyl (C=O) groups excluding carboxylic acids is 1. The van der Waals surface area contributed by atoms with Gasteiger partial charge in [-0.2, -0.15) is 0 Å². The van der Waals surface area contributed by atoms with Gasteiger partial charge in [0.1, 0.15) is 0 Å². The van der Waals surface area contributed by atoms with Crippen LogP contribution < -0.4 is 5.32 Å². The van der Waals surface area contributed by atoms with E-state index in [1.54, 1.807) is 0 Å². The van der Waals surface area contributed by atoms with Crippen LogP contribution >= 0.6 is 0 Å². The molecule has 0 aromatic carbocycles. The molecule has 0 aromatic heterocycles. The van der Waals surface area contributed by atoms with Crippen LogP contribution in [0.3, 0.4) is 0 Å². The summed E-state index contributed by atoms with van der Waals surface area (Å²) in [5.74, 6) is 0.218. The van der Waals surface area contributed by atoms with E-state index in [4.69, 9.17) is 4.74 Å². The van der Waals surface area contributed by atoms with Crippen molar-refractivity contribution in [2.24, 2.45) is 0 Å². The lowest BCUT2D eigenvalue weighted by Gasteiger charge is -2.29. The molecule has 0 saturated carbocycles. The normalized spacial score (nSPS) is 28.7. The van der Waals surface area contributed by atoms with Crippen molar-refractivity contribution in [3.05, 3.63) is 0 Å². The van der Waals surface area contributed by atoms with Crippen molar-refractivity contribution < 1.29 is 9.53 Å². The van der Waals surface area contributed by atoms with E-state index in [-0.39, 0.29) is 12.1 Å². The van der Waals surface area contributed by atoms with Gasteiger partial charge in [0.15, 0.2) is 0 Å². The number of amides is 1. The van der Waals surface area contributed by atoms with E-state index >= 15 is 0 Å². The highest BCUT2D eigenvalue weighted by atomic mass is 16.5. The number of hydrogen-bond acceptors (Lipinski definition) is 4. The summed E-state index contributed by atoms with van der Waals surface area (Å²) >= 11 is 0. The average Bonchev–Trinajstić information content (AvgIpc) is 2.58. The SMILES string of the molecule is CC1NCC(=O)N1CCN1CCOCC1. The predicted molar refractivity (Wildman–Crippen MR) is 56.4 cm³/mol. The molecule has 0 aromatic rings. The Bertz CT molecular complexity index is 229. The van der Waals surface area contributed by atoms with E-state index in [1.807, 2.05) is 11.8 Å². The van der Waals surface area contributed by atoms with E-state index in [0.717, 1.165) is 39.4 Å². The fourth-order valence-corrected chi connectivity index (χ4v) is 2.06. The van der Waals surface area contributed by atoms with Crippen LogP contribution in [0.1, 0.15) is 6.92 Å². The summed E-state index contributed by atoms with van der Waals surface area (Å²) in [5.41, 5.74) is 0. The average molecular weight is 213 g/mol. The maximum Gasteiger partial charge on any atom is 0.237 e. The van der Waals surface area contributed by atoms with E-state index in [2.05, 4.69) is 10.2 Å². The summed E-state index contributed by atoms with van der Waals surface area (Å²) in [4.78, 5) is 15.7. The van der Waals surface area contributed by atoms with Gasteiger partial charge in [0.2, 0.25) is 5.91 Å². The smallest absolute Gasteiger partial charge is 0.237 e. The zero-order chi connectivity index (χ0) is 10.7. The Morgan fingerprint density at radius 3 is 2.73 bits per heavy atom. The zero-order valence-electron chi connectivity index (χ0n) is 9.24. The van der Waals surface area contributed by atoms with Crippen LogP contribution in [0, 0.1) is 0 Å². The highest BCUT2D eigenvalue weighted by Gasteiger charge is 2.26. The lowest BCUT2D eigenvalue weighted by Crippen LogP contribution is -2.44. The summed E-state index contributed by atoms with van der Waals surface area (Å²) in [6.45, 7) is 7.93. The Labute approximate surface area is 90.4 Å². The third kappa shape index (κ3) is 2.68. The van der Waals surface area contributed by atoms with Gasteiger partial charge < -0.3 is 9.64 Å². The zero-order valence-corrected chi connectivity index (χ0v) is 9.24. The minimum atomic E-state index is 0.193. The molecule has 86 valence electrons. The van der Waals surface area contributed by atoms with Gasteiger partial charge in [-0.25, -0.2) is 0 Å². The molecule has 0 aliphatic carbocycles. The summed E-state index contributed by atoms with van der Waals surface area (Å²) in [5, 5.41) is 3.14. The minimum Gasteiger partial charge on any atom is -0.379 e. The van der Waals surface area contributed by atoms with Gasteiger partial charge in [-0.05, 0) is 6.92 Å². The largest absolute Gasteiger partial charge is 0.379 e. The van der Waals surface area contributed by atoms with Crippen LogP contribution in [-0.4, -0.2) is 67.8 Å². The second-order valence-corrected chi connectivity index (χ2v) is 4.10. The maximum absolute atomic E-state index is 11.5. The molecule has 15 heavy (non-hydrogen) atoms. The van der Waals surface area contributed by atoms with E-state index in [0.29, 0.717) is 6.54 Å². The lowest BCUT2D eigenvalue weighted by atomic mass is 10.4. The second kappa shape index (κ2) is 4.92. The molecule has 2 heterocycles. The van der Waals surface area contributed by atoms with E-state index < -0.39 is 0 Å². The molecule has 5 nitrogen and oxygen atoms in total. The molecule has 1 amide bonds. The van der Waals surface area contributed by atoms with Crippen LogP contribution in [0.5, 0.6) is 0 Å². The van der Waals surface area contributed by atoms with Crippen molar-refractivity contribution in [2.45, 2.75) is 13.1 Å². The molecule has 1 atom stereocenters. The van der Waals surface area contributed by atoms with Crippen LogP contribution in [-0.2, 0) is 9.53 Å².